The second-order valence-corrected chi connectivity index (χ2v) is 3.21. The standard InChI is InChI=1S/C10H13ClN2O2/c1-2-15-6-5-13-10(14)8-3-4-12-9(11)7-8/h3-4,7H,2,5-6H2,1H3,(H,13,14). The zero-order valence-corrected chi connectivity index (χ0v) is 9.25. The number of carbonyl (C=O) groups excluding carboxylic acids is 1. The van der Waals surface area contributed by atoms with Crippen LogP contribution in [0.4, 0.5) is 0 Å². The third-order valence-electron chi connectivity index (χ3n) is 1.72. The quantitative estimate of drug-likeness (QED) is 0.614. The molecule has 4 nitrogen and oxygen atoms in total. The lowest BCUT2D eigenvalue weighted by Crippen LogP contribution is -2.27. The highest BCUT2D eigenvalue weighted by molar-refractivity contribution is 6.29. The summed E-state index contributed by atoms with van der Waals surface area (Å²) in [6.45, 7) is 3.56. The Morgan fingerprint density at radius 1 is 1.67 bits per heavy atom. The van der Waals surface area contributed by atoms with Crippen molar-refractivity contribution in [2.75, 3.05) is 19.8 Å². The number of carbonyl (C=O) groups is 1. The molecule has 0 spiro atoms. The van der Waals surface area contributed by atoms with Crippen molar-refractivity contribution >= 4 is 17.5 Å². The topological polar surface area (TPSA) is 51.2 Å². The van der Waals surface area contributed by atoms with Crippen molar-refractivity contribution in [2.24, 2.45) is 0 Å². The molecule has 1 aromatic heterocycles. The van der Waals surface area contributed by atoms with E-state index in [-0.39, 0.29) is 5.91 Å². The molecule has 0 aliphatic rings. The predicted octanol–water partition coefficient (Wildman–Crippen LogP) is 1.50. The first-order valence-electron chi connectivity index (χ1n) is 4.71. The summed E-state index contributed by atoms with van der Waals surface area (Å²) < 4.78 is 5.09. The van der Waals surface area contributed by atoms with Gasteiger partial charge in [0.1, 0.15) is 5.15 Å². The van der Waals surface area contributed by atoms with E-state index in [4.69, 9.17) is 16.3 Å². The van der Waals surface area contributed by atoms with E-state index < -0.39 is 0 Å². The van der Waals surface area contributed by atoms with E-state index in [1.54, 1.807) is 6.07 Å². The minimum atomic E-state index is -0.168. The Kier molecular flexibility index (Phi) is 5.07. The van der Waals surface area contributed by atoms with Crippen LogP contribution in [0.2, 0.25) is 5.15 Å². The first kappa shape index (κ1) is 11.9. The van der Waals surface area contributed by atoms with Gasteiger partial charge in [0.15, 0.2) is 0 Å². The number of pyridine rings is 1. The van der Waals surface area contributed by atoms with Crippen LogP contribution < -0.4 is 5.32 Å². The molecule has 0 aromatic carbocycles. The molecular formula is C10H13ClN2O2. The van der Waals surface area contributed by atoms with E-state index in [1.807, 2.05) is 6.92 Å². The van der Waals surface area contributed by atoms with Crippen LogP contribution in [0.1, 0.15) is 17.3 Å². The molecule has 0 saturated carbocycles. The number of rotatable bonds is 5. The van der Waals surface area contributed by atoms with E-state index in [0.717, 1.165) is 0 Å². The molecule has 0 unspecified atom stereocenters. The molecule has 15 heavy (non-hydrogen) atoms. The van der Waals surface area contributed by atoms with E-state index in [2.05, 4.69) is 10.3 Å². The fourth-order valence-corrected chi connectivity index (χ4v) is 1.20. The van der Waals surface area contributed by atoms with Crippen molar-refractivity contribution in [2.45, 2.75) is 6.92 Å². The van der Waals surface area contributed by atoms with Crippen LogP contribution in [0.15, 0.2) is 18.3 Å². The first-order chi connectivity index (χ1) is 7.24. The van der Waals surface area contributed by atoms with Gasteiger partial charge in [0.25, 0.3) is 5.91 Å². The monoisotopic (exact) mass is 228 g/mol. The maximum atomic E-state index is 11.5. The highest BCUT2D eigenvalue weighted by Gasteiger charge is 2.04. The lowest BCUT2D eigenvalue weighted by atomic mass is 10.2. The largest absolute Gasteiger partial charge is 0.380 e. The molecule has 0 fully saturated rings. The van der Waals surface area contributed by atoms with Crippen LogP contribution in [0.25, 0.3) is 0 Å². The average molecular weight is 229 g/mol. The fraction of sp³-hybridized carbons (Fsp3) is 0.400. The van der Waals surface area contributed by atoms with Gasteiger partial charge in [0.2, 0.25) is 0 Å². The van der Waals surface area contributed by atoms with E-state index in [9.17, 15) is 4.79 Å². The van der Waals surface area contributed by atoms with Gasteiger partial charge in [-0.05, 0) is 19.1 Å². The summed E-state index contributed by atoms with van der Waals surface area (Å²) in [4.78, 5) is 15.3. The Morgan fingerprint density at radius 3 is 3.13 bits per heavy atom. The van der Waals surface area contributed by atoms with Gasteiger partial charge in [0, 0.05) is 24.9 Å². The van der Waals surface area contributed by atoms with Crippen LogP contribution >= 0.6 is 11.6 Å². The van der Waals surface area contributed by atoms with Crippen LogP contribution in [0.5, 0.6) is 0 Å². The smallest absolute Gasteiger partial charge is 0.251 e. The van der Waals surface area contributed by atoms with Crippen molar-refractivity contribution in [1.29, 1.82) is 0 Å². The molecule has 0 radical (unpaired) electrons. The van der Waals surface area contributed by atoms with Gasteiger partial charge in [0.05, 0.1) is 6.61 Å². The van der Waals surface area contributed by atoms with Crippen molar-refractivity contribution in [3.63, 3.8) is 0 Å². The summed E-state index contributed by atoms with van der Waals surface area (Å²) in [6, 6.07) is 3.14. The summed E-state index contributed by atoms with van der Waals surface area (Å²) in [6.07, 6.45) is 1.50. The third kappa shape index (κ3) is 4.27. The Labute approximate surface area is 93.6 Å². The number of hydrogen-bond donors (Lipinski definition) is 1. The molecule has 1 aromatic rings. The Bertz CT molecular complexity index is 331. The lowest BCUT2D eigenvalue weighted by Gasteiger charge is -2.04. The number of amides is 1. The lowest BCUT2D eigenvalue weighted by molar-refractivity contribution is 0.0922. The predicted molar refractivity (Wildman–Crippen MR) is 58.1 cm³/mol. The molecule has 1 amide bonds. The Balaban J connectivity index is 2.40. The molecule has 0 aliphatic heterocycles. The van der Waals surface area contributed by atoms with Gasteiger partial charge < -0.3 is 10.1 Å². The number of hydrogen-bond acceptors (Lipinski definition) is 3. The van der Waals surface area contributed by atoms with Crippen LogP contribution in [0.3, 0.4) is 0 Å². The maximum absolute atomic E-state index is 11.5. The molecule has 82 valence electrons. The molecule has 0 saturated heterocycles. The van der Waals surface area contributed by atoms with Crippen molar-refractivity contribution in [3.8, 4) is 0 Å². The van der Waals surface area contributed by atoms with Crippen LogP contribution in [0, 0.1) is 0 Å². The Hall–Kier alpha value is -1.13. The summed E-state index contributed by atoms with van der Waals surface area (Å²) in [7, 11) is 0. The number of ether oxygens (including phenoxy) is 1. The molecular weight excluding hydrogens is 216 g/mol. The van der Waals surface area contributed by atoms with Crippen LogP contribution in [-0.4, -0.2) is 30.6 Å². The van der Waals surface area contributed by atoms with Gasteiger partial charge in [-0.1, -0.05) is 11.6 Å². The number of nitrogens with zero attached hydrogens (tertiary/aromatic N) is 1. The van der Waals surface area contributed by atoms with E-state index in [1.165, 1.54) is 12.3 Å². The number of aromatic nitrogens is 1. The van der Waals surface area contributed by atoms with Gasteiger partial charge in [-0.25, -0.2) is 4.98 Å². The van der Waals surface area contributed by atoms with E-state index >= 15 is 0 Å². The molecule has 1 rings (SSSR count). The molecule has 1 heterocycles. The molecule has 0 bridgehead atoms. The summed E-state index contributed by atoms with van der Waals surface area (Å²) in [5.41, 5.74) is 0.506. The van der Waals surface area contributed by atoms with Crippen molar-refractivity contribution in [1.82, 2.24) is 10.3 Å². The highest BCUT2D eigenvalue weighted by Crippen LogP contribution is 2.06. The van der Waals surface area contributed by atoms with Gasteiger partial charge in [-0.3, -0.25) is 4.79 Å². The van der Waals surface area contributed by atoms with Crippen molar-refractivity contribution in [3.05, 3.63) is 29.0 Å². The summed E-state index contributed by atoms with van der Waals surface area (Å²) in [5.74, 6) is -0.168. The zero-order valence-electron chi connectivity index (χ0n) is 8.50. The van der Waals surface area contributed by atoms with Gasteiger partial charge in [-0.2, -0.15) is 0 Å². The fourth-order valence-electron chi connectivity index (χ4n) is 1.03. The molecule has 0 atom stereocenters. The third-order valence-corrected chi connectivity index (χ3v) is 1.93. The van der Waals surface area contributed by atoms with Gasteiger partial charge in [-0.15, -0.1) is 0 Å². The molecule has 5 heteroatoms. The SMILES string of the molecule is CCOCCNC(=O)c1ccnc(Cl)c1. The number of halogens is 1. The second kappa shape index (κ2) is 6.37. The number of nitrogens with one attached hydrogen (secondary N) is 1. The van der Waals surface area contributed by atoms with Gasteiger partial charge >= 0.3 is 0 Å². The minimum absolute atomic E-state index is 0.168. The average Bonchev–Trinajstić information content (AvgIpc) is 2.24. The summed E-state index contributed by atoms with van der Waals surface area (Å²) in [5, 5.41) is 3.02. The molecule has 0 aliphatic carbocycles. The Morgan fingerprint density at radius 2 is 2.47 bits per heavy atom. The maximum Gasteiger partial charge on any atom is 0.251 e. The van der Waals surface area contributed by atoms with Crippen LogP contribution in [-0.2, 0) is 4.74 Å². The molecule has 1 N–H and O–H groups in total. The summed E-state index contributed by atoms with van der Waals surface area (Å²) >= 11 is 5.66. The minimum Gasteiger partial charge on any atom is -0.380 e. The first-order valence-corrected chi connectivity index (χ1v) is 5.09. The normalized spacial score (nSPS) is 10.0. The highest BCUT2D eigenvalue weighted by atomic mass is 35.5. The van der Waals surface area contributed by atoms with E-state index in [0.29, 0.717) is 30.5 Å². The second-order valence-electron chi connectivity index (χ2n) is 2.82. The van der Waals surface area contributed by atoms with Crippen molar-refractivity contribution < 1.29 is 9.53 Å². The zero-order chi connectivity index (χ0) is 11.1.